The van der Waals surface area contributed by atoms with E-state index in [1.54, 1.807) is 0 Å². The minimum Gasteiger partial charge on any atom is -0.303 e. The molecular weight excluding hydrogens is 365 g/mol. The molecule has 0 spiro atoms. The Morgan fingerprint density at radius 2 is 1.73 bits per heavy atom. The largest absolute Gasteiger partial charge is 0.416 e. The number of sulfonamides is 1. The van der Waals surface area contributed by atoms with Crippen LogP contribution in [0.2, 0.25) is 0 Å². The summed E-state index contributed by atoms with van der Waals surface area (Å²) in [5.74, 6) is 0. The summed E-state index contributed by atoms with van der Waals surface area (Å²) in [4.78, 5) is 2.06. The van der Waals surface area contributed by atoms with Crippen molar-refractivity contribution in [2.75, 3.05) is 19.6 Å². The van der Waals surface area contributed by atoms with Gasteiger partial charge in [0.1, 0.15) is 0 Å². The van der Waals surface area contributed by atoms with Gasteiger partial charge in [-0.15, -0.1) is 0 Å². The summed E-state index contributed by atoms with van der Waals surface area (Å²) in [6.07, 6.45) is -0.467. The zero-order chi connectivity index (χ0) is 18.9. The normalized spacial score (nSPS) is 20.7. The number of nitrogens with zero attached hydrogens (tertiary/aromatic N) is 2. The Bertz CT molecular complexity index is 724. The molecule has 0 unspecified atom stereocenters. The van der Waals surface area contributed by atoms with Gasteiger partial charge in [-0.3, -0.25) is 0 Å². The lowest BCUT2D eigenvalue weighted by Crippen LogP contribution is -2.48. The van der Waals surface area contributed by atoms with Crippen molar-refractivity contribution in [2.24, 2.45) is 0 Å². The first kappa shape index (κ1) is 19.6. The Labute approximate surface area is 153 Å². The molecule has 0 amide bonds. The molecule has 26 heavy (non-hydrogen) atoms. The summed E-state index contributed by atoms with van der Waals surface area (Å²) < 4.78 is 66.7. The number of alkyl halides is 3. The van der Waals surface area contributed by atoms with Gasteiger partial charge in [0.25, 0.3) is 0 Å². The van der Waals surface area contributed by atoms with E-state index in [9.17, 15) is 21.6 Å². The van der Waals surface area contributed by atoms with Crippen LogP contribution in [0.25, 0.3) is 0 Å². The monoisotopic (exact) mass is 390 g/mol. The lowest BCUT2D eigenvalue weighted by Gasteiger charge is -2.38. The van der Waals surface area contributed by atoms with Crippen LogP contribution >= 0.6 is 0 Å². The van der Waals surface area contributed by atoms with Crippen LogP contribution in [0, 0.1) is 0 Å². The van der Waals surface area contributed by atoms with E-state index in [1.165, 1.54) is 16.4 Å². The molecule has 0 bridgehead atoms. The van der Waals surface area contributed by atoms with Crippen molar-refractivity contribution in [3.63, 3.8) is 0 Å². The maximum atomic E-state index is 13.1. The lowest BCUT2D eigenvalue weighted by atomic mass is 10.0. The van der Waals surface area contributed by atoms with Gasteiger partial charge in [0.15, 0.2) is 0 Å². The smallest absolute Gasteiger partial charge is 0.303 e. The highest BCUT2D eigenvalue weighted by Gasteiger charge is 2.44. The van der Waals surface area contributed by atoms with Crippen molar-refractivity contribution in [1.29, 1.82) is 0 Å². The van der Waals surface area contributed by atoms with E-state index >= 15 is 0 Å². The van der Waals surface area contributed by atoms with E-state index in [0.717, 1.165) is 63.9 Å². The van der Waals surface area contributed by atoms with Crippen LogP contribution < -0.4 is 0 Å². The summed E-state index contributed by atoms with van der Waals surface area (Å²) in [5.41, 5.74) is -0.924. The van der Waals surface area contributed by atoms with E-state index in [2.05, 4.69) is 11.8 Å². The molecular formula is C18H25F3N2O2S. The van der Waals surface area contributed by atoms with Crippen LogP contribution in [-0.4, -0.2) is 49.3 Å². The predicted molar refractivity (Wildman–Crippen MR) is 93.2 cm³/mol. The number of halogens is 3. The number of hydrogen-bond acceptors (Lipinski definition) is 3. The Morgan fingerprint density at radius 1 is 1.12 bits per heavy atom. The van der Waals surface area contributed by atoms with Gasteiger partial charge in [0.2, 0.25) is 10.0 Å². The first-order valence-electron chi connectivity index (χ1n) is 9.16. The van der Waals surface area contributed by atoms with Gasteiger partial charge in [0, 0.05) is 12.1 Å². The van der Waals surface area contributed by atoms with Crippen molar-refractivity contribution in [1.82, 2.24) is 9.21 Å². The molecule has 146 valence electrons. The van der Waals surface area contributed by atoms with Crippen LogP contribution in [0.5, 0.6) is 0 Å². The van der Waals surface area contributed by atoms with Gasteiger partial charge in [-0.2, -0.15) is 17.5 Å². The molecule has 1 heterocycles. The zero-order valence-corrected chi connectivity index (χ0v) is 15.7. The van der Waals surface area contributed by atoms with Crippen molar-refractivity contribution in [3.8, 4) is 0 Å². The quantitative estimate of drug-likeness (QED) is 0.743. The summed E-state index contributed by atoms with van der Waals surface area (Å²) in [7, 11) is -3.94. The Kier molecular flexibility index (Phi) is 5.65. The molecule has 1 aromatic rings. The highest BCUT2D eigenvalue weighted by Crippen LogP contribution is 2.38. The average Bonchev–Trinajstić information content (AvgIpc) is 3.41. The van der Waals surface area contributed by atoms with E-state index < -0.39 is 21.8 Å². The van der Waals surface area contributed by atoms with E-state index in [-0.39, 0.29) is 17.0 Å². The van der Waals surface area contributed by atoms with Crippen molar-refractivity contribution in [3.05, 3.63) is 29.8 Å². The topological polar surface area (TPSA) is 40.6 Å². The molecule has 0 radical (unpaired) electrons. The van der Waals surface area contributed by atoms with Crippen molar-refractivity contribution in [2.45, 2.75) is 62.2 Å². The highest BCUT2D eigenvalue weighted by atomic mass is 32.2. The average molecular weight is 390 g/mol. The summed E-state index contributed by atoms with van der Waals surface area (Å²) in [5, 5.41) is 0. The maximum Gasteiger partial charge on any atom is 0.416 e. The fourth-order valence-corrected chi connectivity index (χ4v) is 5.66. The minimum atomic E-state index is -4.55. The van der Waals surface area contributed by atoms with E-state index in [4.69, 9.17) is 0 Å². The van der Waals surface area contributed by atoms with Crippen LogP contribution in [0.4, 0.5) is 13.2 Å². The minimum absolute atomic E-state index is 0.0720. The van der Waals surface area contributed by atoms with Crippen molar-refractivity contribution < 1.29 is 21.6 Å². The van der Waals surface area contributed by atoms with E-state index in [1.807, 2.05) is 0 Å². The number of hydrogen-bond donors (Lipinski definition) is 0. The molecule has 1 aliphatic heterocycles. The molecule has 1 aliphatic carbocycles. The summed E-state index contributed by atoms with van der Waals surface area (Å²) >= 11 is 0. The maximum absolute atomic E-state index is 13.1. The Hall–Kier alpha value is -1.12. The number of piperidine rings is 1. The molecule has 0 atom stereocenters. The van der Waals surface area contributed by atoms with E-state index in [0.29, 0.717) is 0 Å². The molecule has 1 saturated heterocycles. The molecule has 1 saturated carbocycles. The number of benzene rings is 1. The third-order valence-electron chi connectivity index (χ3n) is 5.10. The molecule has 2 fully saturated rings. The second kappa shape index (κ2) is 7.48. The Balaban J connectivity index is 1.84. The zero-order valence-electron chi connectivity index (χ0n) is 14.9. The third-order valence-corrected chi connectivity index (χ3v) is 7.10. The first-order chi connectivity index (χ1) is 12.2. The second-order valence-electron chi connectivity index (χ2n) is 7.16. The SMILES string of the molecule is CCCN1CCC(N(C2CC2)S(=O)(=O)c2cccc(C(F)(F)F)c2)CC1. The van der Waals surface area contributed by atoms with Crippen LogP contribution in [0.15, 0.2) is 29.2 Å². The molecule has 0 aromatic heterocycles. The highest BCUT2D eigenvalue weighted by molar-refractivity contribution is 7.89. The Morgan fingerprint density at radius 3 is 2.27 bits per heavy atom. The van der Waals surface area contributed by atoms with Crippen LogP contribution in [0.3, 0.4) is 0 Å². The molecule has 8 heteroatoms. The molecule has 3 rings (SSSR count). The van der Waals surface area contributed by atoms with Gasteiger partial charge < -0.3 is 4.90 Å². The standard InChI is InChI=1S/C18H25F3N2O2S/c1-2-10-22-11-8-16(9-12-22)23(15-6-7-15)26(24,25)17-5-3-4-14(13-17)18(19,20)21/h3-5,13,15-16H,2,6-12H2,1H3. The molecule has 2 aliphatic rings. The van der Waals surface area contributed by atoms with Crippen LogP contribution in [0.1, 0.15) is 44.6 Å². The van der Waals surface area contributed by atoms with Gasteiger partial charge in [-0.1, -0.05) is 13.0 Å². The molecule has 1 aromatic carbocycles. The van der Waals surface area contributed by atoms with Gasteiger partial charge in [0.05, 0.1) is 10.5 Å². The van der Waals surface area contributed by atoms with Gasteiger partial charge >= 0.3 is 6.18 Å². The fraction of sp³-hybridized carbons (Fsp3) is 0.667. The lowest BCUT2D eigenvalue weighted by molar-refractivity contribution is -0.137. The molecule has 0 N–H and O–H groups in total. The van der Waals surface area contributed by atoms with Gasteiger partial charge in [-0.25, -0.2) is 8.42 Å². The van der Waals surface area contributed by atoms with Crippen molar-refractivity contribution >= 4 is 10.0 Å². The fourth-order valence-electron chi connectivity index (χ4n) is 3.69. The number of rotatable bonds is 6. The second-order valence-corrected chi connectivity index (χ2v) is 9.01. The third kappa shape index (κ3) is 4.23. The number of likely N-dealkylation sites (tertiary alicyclic amines) is 1. The summed E-state index contributed by atoms with van der Waals surface area (Å²) in [6.45, 7) is 4.77. The van der Waals surface area contributed by atoms with Gasteiger partial charge in [-0.05, 0) is 69.9 Å². The predicted octanol–water partition coefficient (Wildman–Crippen LogP) is 3.73. The summed E-state index contributed by atoms with van der Waals surface area (Å²) in [6, 6.07) is 3.91. The molecule has 4 nitrogen and oxygen atoms in total. The van der Waals surface area contributed by atoms with Crippen LogP contribution in [-0.2, 0) is 16.2 Å². The first-order valence-corrected chi connectivity index (χ1v) is 10.6.